The smallest absolute Gasteiger partial charge is 0.124 e. The summed E-state index contributed by atoms with van der Waals surface area (Å²) in [5, 5.41) is 15.5. The zero-order chi connectivity index (χ0) is 13.2. The zero-order valence-electron chi connectivity index (χ0n) is 9.91. The van der Waals surface area contributed by atoms with E-state index in [4.69, 9.17) is 4.52 Å². The van der Waals surface area contributed by atoms with Crippen molar-refractivity contribution in [2.75, 3.05) is 6.26 Å². The zero-order valence-corrected chi connectivity index (χ0v) is 12.4. The maximum absolute atomic E-state index is 9.44. The molecule has 3 aromatic rings. The van der Waals surface area contributed by atoms with E-state index in [-0.39, 0.29) is 0 Å². The van der Waals surface area contributed by atoms with Crippen LogP contribution in [0.25, 0.3) is 21.0 Å². The summed E-state index contributed by atoms with van der Waals surface area (Å²) in [5.41, 5.74) is 2.49. The van der Waals surface area contributed by atoms with E-state index >= 15 is 0 Å². The highest BCUT2D eigenvalue weighted by Gasteiger charge is 2.22. The van der Waals surface area contributed by atoms with Gasteiger partial charge in [0.1, 0.15) is 18.0 Å². The highest BCUT2D eigenvalue weighted by Crippen LogP contribution is 2.46. The molecule has 0 unspecified atom stereocenters. The van der Waals surface area contributed by atoms with E-state index in [9.17, 15) is 5.26 Å². The van der Waals surface area contributed by atoms with E-state index in [1.165, 1.54) is 0 Å². The maximum atomic E-state index is 9.44. The molecule has 0 N–H and O–H groups in total. The summed E-state index contributed by atoms with van der Waals surface area (Å²) in [4.78, 5) is 2.09. The van der Waals surface area contributed by atoms with E-state index < -0.39 is 0 Å². The van der Waals surface area contributed by atoms with Gasteiger partial charge in [-0.3, -0.25) is 0 Å². The number of nitrogens with zero attached hydrogens (tertiary/aromatic N) is 2. The van der Waals surface area contributed by atoms with Gasteiger partial charge in [-0.15, -0.1) is 34.4 Å². The number of aromatic nitrogens is 1. The topological polar surface area (TPSA) is 49.8 Å². The van der Waals surface area contributed by atoms with Gasteiger partial charge in [-0.05, 0) is 17.7 Å². The SMILES string of the molecule is CSc1sc(-c2ccon2)c(-c2cccs2)c1C#N. The van der Waals surface area contributed by atoms with Crippen LogP contribution in [0.3, 0.4) is 0 Å². The number of thiophene rings is 2. The number of rotatable bonds is 3. The third kappa shape index (κ3) is 2.10. The van der Waals surface area contributed by atoms with E-state index in [1.54, 1.807) is 40.7 Å². The van der Waals surface area contributed by atoms with Gasteiger partial charge in [0.15, 0.2) is 0 Å². The van der Waals surface area contributed by atoms with E-state index in [0.29, 0.717) is 0 Å². The molecule has 0 radical (unpaired) electrons. The highest BCUT2D eigenvalue weighted by molar-refractivity contribution is 8.00. The van der Waals surface area contributed by atoms with Crippen molar-refractivity contribution in [2.45, 2.75) is 4.21 Å². The summed E-state index contributed by atoms with van der Waals surface area (Å²) in [5.74, 6) is 0. The van der Waals surface area contributed by atoms with Gasteiger partial charge in [0.05, 0.1) is 14.6 Å². The molecule has 0 aliphatic heterocycles. The lowest BCUT2D eigenvalue weighted by Crippen LogP contribution is -1.80. The van der Waals surface area contributed by atoms with Crippen LogP contribution in [0.15, 0.2) is 38.6 Å². The van der Waals surface area contributed by atoms with E-state index in [0.717, 1.165) is 30.8 Å². The number of hydrogen-bond donors (Lipinski definition) is 0. The molecule has 3 heterocycles. The van der Waals surface area contributed by atoms with Crippen molar-refractivity contribution in [2.24, 2.45) is 0 Å². The molecule has 19 heavy (non-hydrogen) atoms. The average molecular weight is 304 g/mol. The summed E-state index contributed by atoms with van der Waals surface area (Å²) in [6.07, 6.45) is 3.54. The first-order valence-corrected chi connectivity index (χ1v) is 8.32. The summed E-state index contributed by atoms with van der Waals surface area (Å²) < 4.78 is 5.95. The van der Waals surface area contributed by atoms with Gasteiger partial charge in [-0.2, -0.15) is 5.26 Å². The van der Waals surface area contributed by atoms with Crippen LogP contribution in [-0.4, -0.2) is 11.4 Å². The molecule has 0 atom stereocenters. The Hall–Kier alpha value is -1.55. The molecule has 3 aromatic heterocycles. The van der Waals surface area contributed by atoms with Crippen LogP contribution >= 0.6 is 34.4 Å². The second-order valence-corrected chi connectivity index (χ2v) is 6.69. The molecule has 0 aromatic carbocycles. The van der Waals surface area contributed by atoms with Gasteiger partial charge in [0.2, 0.25) is 0 Å². The quantitative estimate of drug-likeness (QED) is 0.657. The average Bonchev–Trinajstić information content (AvgIpc) is 3.16. The van der Waals surface area contributed by atoms with Crippen LogP contribution in [0.5, 0.6) is 0 Å². The first-order chi connectivity index (χ1) is 9.35. The van der Waals surface area contributed by atoms with Gasteiger partial charge < -0.3 is 4.52 Å². The number of nitriles is 1. The third-order valence-corrected chi connectivity index (χ3v) is 5.83. The summed E-state index contributed by atoms with van der Waals surface area (Å²) in [7, 11) is 0. The largest absolute Gasteiger partial charge is 0.364 e. The molecule has 0 saturated carbocycles. The lowest BCUT2D eigenvalue weighted by Gasteiger charge is -1.98. The fraction of sp³-hybridized carbons (Fsp3) is 0.0769. The van der Waals surface area contributed by atoms with Gasteiger partial charge >= 0.3 is 0 Å². The van der Waals surface area contributed by atoms with Crippen LogP contribution in [-0.2, 0) is 0 Å². The molecular formula is C13H8N2OS3. The second kappa shape index (κ2) is 5.21. The van der Waals surface area contributed by atoms with Crippen molar-refractivity contribution in [1.29, 1.82) is 5.26 Å². The Morgan fingerprint density at radius 2 is 2.32 bits per heavy atom. The van der Waals surface area contributed by atoms with Crippen LogP contribution in [0, 0.1) is 11.3 Å². The molecule has 0 bridgehead atoms. The van der Waals surface area contributed by atoms with Gasteiger partial charge in [0.25, 0.3) is 0 Å². The predicted octanol–water partition coefficient (Wildman–Crippen LogP) is 4.73. The van der Waals surface area contributed by atoms with Gasteiger partial charge in [0, 0.05) is 16.5 Å². The summed E-state index contributed by atoms with van der Waals surface area (Å²) in [6.45, 7) is 0. The normalized spacial score (nSPS) is 10.5. The Labute approximate surface area is 122 Å². The van der Waals surface area contributed by atoms with Crippen molar-refractivity contribution >= 4 is 34.4 Å². The molecule has 0 aliphatic rings. The van der Waals surface area contributed by atoms with Gasteiger partial charge in [-0.1, -0.05) is 11.2 Å². The molecule has 0 aliphatic carbocycles. The van der Waals surface area contributed by atoms with Crippen molar-refractivity contribution in [3.63, 3.8) is 0 Å². The van der Waals surface area contributed by atoms with Crippen molar-refractivity contribution in [3.8, 4) is 27.1 Å². The minimum atomic E-state index is 0.734. The van der Waals surface area contributed by atoms with E-state index in [1.807, 2.05) is 29.8 Å². The fourth-order valence-electron chi connectivity index (χ4n) is 1.82. The molecule has 0 amide bonds. The Kier molecular flexibility index (Phi) is 3.42. The summed E-state index contributed by atoms with van der Waals surface area (Å²) in [6, 6.07) is 8.17. The Bertz CT molecular complexity index is 721. The highest BCUT2D eigenvalue weighted by atomic mass is 32.2. The molecule has 0 saturated heterocycles. The van der Waals surface area contributed by atoms with Crippen LogP contribution in [0.1, 0.15) is 5.56 Å². The molecular weight excluding hydrogens is 296 g/mol. The molecule has 6 heteroatoms. The van der Waals surface area contributed by atoms with Crippen molar-refractivity contribution < 1.29 is 4.52 Å². The van der Waals surface area contributed by atoms with Crippen LogP contribution < -0.4 is 0 Å². The summed E-state index contributed by atoms with van der Waals surface area (Å²) >= 11 is 4.81. The molecule has 0 fully saturated rings. The lowest BCUT2D eigenvalue weighted by molar-refractivity contribution is 0.422. The van der Waals surface area contributed by atoms with E-state index in [2.05, 4.69) is 11.2 Å². The molecule has 94 valence electrons. The first kappa shape index (κ1) is 12.5. The van der Waals surface area contributed by atoms with Gasteiger partial charge in [-0.25, -0.2) is 0 Å². The third-order valence-electron chi connectivity index (χ3n) is 2.61. The maximum Gasteiger partial charge on any atom is 0.124 e. The van der Waals surface area contributed by atoms with Crippen molar-refractivity contribution in [1.82, 2.24) is 5.16 Å². The number of thioether (sulfide) groups is 1. The Balaban J connectivity index is 2.30. The Morgan fingerprint density at radius 3 is 2.89 bits per heavy atom. The predicted molar refractivity (Wildman–Crippen MR) is 79.6 cm³/mol. The number of hydrogen-bond acceptors (Lipinski definition) is 6. The standard InChI is InChI=1S/C13H8N2OS3/c1-17-13-8(7-14)11(10-3-2-6-18-10)12(19-13)9-4-5-16-15-9/h2-6H,1H3. The lowest BCUT2D eigenvalue weighted by atomic mass is 10.1. The first-order valence-electron chi connectivity index (χ1n) is 5.40. The van der Waals surface area contributed by atoms with Crippen LogP contribution in [0.4, 0.5) is 0 Å². The fourth-order valence-corrected chi connectivity index (χ4v) is 4.56. The minimum absolute atomic E-state index is 0.734. The minimum Gasteiger partial charge on any atom is -0.364 e. The van der Waals surface area contributed by atoms with Crippen molar-refractivity contribution in [3.05, 3.63) is 35.4 Å². The monoisotopic (exact) mass is 304 g/mol. The van der Waals surface area contributed by atoms with Crippen LogP contribution in [0.2, 0.25) is 0 Å². The molecule has 3 nitrogen and oxygen atoms in total. The molecule has 0 spiro atoms. The Morgan fingerprint density at radius 1 is 1.42 bits per heavy atom. The second-order valence-electron chi connectivity index (χ2n) is 3.65. The molecule has 3 rings (SSSR count).